The molecule has 1 atom stereocenters. The van der Waals surface area contributed by atoms with E-state index in [4.69, 9.17) is 0 Å². The number of aliphatic hydroxyl groups is 1. The van der Waals surface area contributed by atoms with Gasteiger partial charge in [0.25, 0.3) is 0 Å². The molecule has 5 nitrogen and oxygen atoms in total. The minimum Gasteiger partial charge on any atom is -0.396 e. The zero-order valence-electron chi connectivity index (χ0n) is 13.2. The predicted octanol–water partition coefficient (Wildman–Crippen LogP) is 1.98. The fourth-order valence-electron chi connectivity index (χ4n) is 2.68. The average molecular weight is 304 g/mol. The van der Waals surface area contributed by atoms with E-state index >= 15 is 0 Å². The number of amides is 2. The van der Waals surface area contributed by atoms with Crippen molar-refractivity contribution in [1.82, 2.24) is 4.90 Å². The molecular weight excluding hydrogens is 280 g/mol. The van der Waals surface area contributed by atoms with Crippen molar-refractivity contribution in [3.05, 3.63) is 29.8 Å². The molecule has 120 valence electrons. The Bertz CT molecular complexity index is 525. The van der Waals surface area contributed by atoms with Gasteiger partial charge in [-0.3, -0.25) is 9.59 Å². The summed E-state index contributed by atoms with van der Waals surface area (Å²) in [5, 5.41) is 11.8. The number of aliphatic hydroxyl groups excluding tert-OH is 1. The molecule has 1 fully saturated rings. The number of carbonyl (C=O) groups is 2. The van der Waals surface area contributed by atoms with Gasteiger partial charge >= 0.3 is 11.8 Å². The lowest BCUT2D eigenvalue weighted by Gasteiger charge is -2.31. The van der Waals surface area contributed by atoms with Gasteiger partial charge in [-0.2, -0.15) is 0 Å². The molecule has 2 rings (SSSR count). The first-order chi connectivity index (χ1) is 10.5. The molecule has 1 heterocycles. The van der Waals surface area contributed by atoms with Gasteiger partial charge in [0.05, 0.1) is 0 Å². The van der Waals surface area contributed by atoms with Gasteiger partial charge in [0, 0.05) is 25.4 Å². The van der Waals surface area contributed by atoms with Gasteiger partial charge in [0.15, 0.2) is 0 Å². The van der Waals surface area contributed by atoms with E-state index < -0.39 is 11.8 Å². The quantitative estimate of drug-likeness (QED) is 0.839. The van der Waals surface area contributed by atoms with E-state index in [0.29, 0.717) is 24.7 Å². The maximum absolute atomic E-state index is 12.2. The average Bonchev–Trinajstić information content (AvgIpc) is 2.54. The molecule has 2 N–H and O–H groups in total. The van der Waals surface area contributed by atoms with Crippen LogP contribution in [0.2, 0.25) is 0 Å². The third kappa shape index (κ3) is 4.07. The molecular formula is C17H24N2O3. The van der Waals surface area contributed by atoms with Crippen molar-refractivity contribution in [2.24, 2.45) is 5.92 Å². The largest absolute Gasteiger partial charge is 0.396 e. The van der Waals surface area contributed by atoms with Crippen LogP contribution >= 0.6 is 0 Å². The molecule has 1 aliphatic rings. The Hall–Kier alpha value is -1.88. The molecule has 1 aliphatic heterocycles. The highest BCUT2D eigenvalue weighted by atomic mass is 16.3. The molecule has 0 radical (unpaired) electrons. The van der Waals surface area contributed by atoms with Gasteiger partial charge in [-0.1, -0.05) is 26.0 Å². The summed E-state index contributed by atoms with van der Waals surface area (Å²) in [4.78, 5) is 25.8. The Kier molecular flexibility index (Phi) is 5.55. The van der Waals surface area contributed by atoms with Crippen molar-refractivity contribution in [2.75, 3.05) is 25.0 Å². The van der Waals surface area contributed by atoms with E-state index in [-0.39, 0.29) is 12.5 Å². The second-order valence-electron chi connectivity index (χ2n) is 6.17. The van der Waals surface area contributed by atoms with Crippen molar-refractivity contribution in [2.45, 2.75) is 32.6 Å². The molecule has 5 heteroatoms. The molecule has 0 bridgehead atoms. The first-order valence-corrected chi connectivity index (χ1v) is 7.82. The van der Waals surface area contributed by atoms with Crippen molar-refractivity contribution < 1.29 is 14.7 Å². The lowest BCUT2D eigenvalue weighted by Crippen LogP contribution is -2.45. The third-order valence-electron chi connectivity index (χ3n) is 4.09. The summed E-state index contributed by atoms with van der Waals surface area (Å²) in [6.07, 6.45) is 1.73. The van der Waals surface area contributed by atoms with Crippen LogP contribution in [0, 0.1) is 5.92 Å². The number of benzene rings is 1. The van der Waals surface area contributed by atoms with E-state index in [2.05, 4.69) is 19.2 Å². The first kappa shape index (κ1) is 16.5. The van der Waals surface area contributed by atoms with Crippen molar-refractivity contribution >= 4 is 17.5 Å². The van der Waals surface area contributed by atoms with Gasteiger partial charge in [0.2, 0.25) is 0 Å². The normalized spacial score (nSPS) is 18.4. The van der Waals surface area contributed by atoms with E-state index in [0.717, 1.165) is 12.8 Å². The Labute approximate surface area is 131 Å². The summed E-state index contributed by atoms with van der Waals surface area (Å²) in [7, 11) is 0. The van der Waals surface area contributed by atoms with E-state index in [1.165, 1.54) is 10.5 Å². The molecule has 0 aromatic heterocycles. The number of rotatable bonds is 3. The second-order valence-corrected chi connectivity index (χ2v) is 6.17. The molecule has 1 aromatic rings. The second kappa shape index (κ2) is 7.40. The molecule has 2 amide bonds. The molecule has 0 saturated carbocycles. The number of hydrogen-bond donors (Lipinski definition) is 2. The number of likely N-dealkylation sites (tertiary alicyclic amines) is 1. The van der Waals surface area contributed by atoms with Crippen LogP contribution in [0.15, 0.2) is 24.3 Å². The summed E-state index contributed by atoms with van der Waals surface area (Å²) >= 11 is 0. The van der Waals surface area contributed by atoms with E-state index in [1.54, 1.807) is 0 Å². The number of piperidine rings is 1. The summed E-state index contributed by atoms with van der Waals surface area (Å²) in [5.41, 5.74) is 1.81. The number of anilines is 1. The van der Waals surface area contributed by atoms with Gasteiger partial charge in [-0.15, -0.1) is 0 Å². The van der Waals surface area contributed by atoms with Crippen LogP contribution in [0.25, 0.3) is 0 Å². The lowest BCUT2D eigenvalue weighted by atomic mass is 9.99. The topological polar surface area (TPSA) is 69.6 Å². The van der Waals surface area contributed by atoms with E-state index in [9.17, 15) is 14.7 Å². The third-order valence-corrected chi connectivity index (χ3v) is 4.09. The van der Waals surface area contributed by atoms with E-state index in [1.807, 2.05) is 24.3 Å². The molecule has 1 unspecified atom stereocenters. The number of nitrogens with one attached hydrogen (secondary N) is 1. The Balaban J connectivity index is 1.94. The molecule has 0 spiro atoms. The summed E-state index contributed by atoms with van der Waals surface area (Å²) in [6.45, 7) is 5.29. The van der Waals surface area contributed by atoms with Crippen LogP contribution in [0.3, 0.4) is 0 Å². The van der Waals surface area contributed by atoms with Gasteiger partial charge < -0.3 is 15.3 Å². The Morgan fingerprint density at radius 2 is 2.00 bits per heavy atom. The number of hydrogen-bond acceptors (Lipinski definition) is 3. The molecule has 0 aliphatic carbocycles. The maximum atomic E-state index is 12.2. The minimum atomic E-state index is -0.615. The zero-order chi connectivity index (χ0) is 16.1. The van der Waals surface area contributed by atoms with Crippen LogP contribution in [-0.4, -0.2) is 41.5 Å². The standard InChI is InChI=1S/C17H24N2O3/c1-12(2)14-5-7-15(8-6-14)18-16(21)17(22)19-9-3-4-13(10-19)11-20/h5-8,12-13,20H,3-4,9-11H2,1-2H3,(H,18,21). The minimum absolute atomic E-state index is 0.0576. The highest BCUT2D eigenvalue weighted by Gasteiger charge is 2.27. The maximum Gasteiger partial charge on any atom is 0.313 e. The predicted molar refractivity (Wildman–Crippen MR) is 85.6 cm³/mol. The number of carbonyl (C=O) groups excluding carboxylic acids is 2. The van der Waals surface area contributed by atoms with Crippen molar-refractivity contribution in [3.63, 3.8) is 0 Å². The molecule has 1 aromatic carbocycles. The van der Waals surface area contributed by atoms with Crippen molar-refractivity contribution in [3.8, 4) is 0 Å². The monoisotopic (exact) mass is 304 g/mol. The molecule has 22 heavy (non-hydrogen) atoms. The Morgan fingerprint density at radius 3 is 2.59 bits per heavy atom. The smallest absolute Gasteiger partial charge is 0.313 e. The van der Waals surface area contributed by atoms with Gasteiger partial charge in [-0.05, 0) is 42.4 Å². The fourth-order valence-corrected chi connectivity index (χ4v) is 2.68. The lowest BCUT2D eigenvalue weighted by molar-refractivity contribution is -0.144. The van der Waals surface area contributed by atoms with Crippen LogP contribution in [0.1, 0.15) is 38.2 Å². The van der Waals surface area contributed by atoms with Crippen LogP contribution in [0.4, 0.5) is 5.69 Å². The fraction of sp³-hybridized carbons (Fsp3) is 0.529. The number of nitrogens with zero attached hydrogens (tertiary/aromatic N) is 1. The van der Waals surface area contributed by atoms with Gasteiger partial charge in [0.1, 0.15) is 0 Å². The summed E-state index contributed by atoms with van der Waals surface area (Å²) in [6, 6.07) is 7.53. The summed E-state index contributed by atoms with van der Waals surface area (Å²) < 4.78 is 0. The van der Waals surface area contributed by atoms with Gasteiger partial charge in [-0.25, -0.2) is 0 Å². The Morgan fingerprint density at radius 1 is 1.32 bits per heavy atom. The van der Waals surface area contributed by atoms with Crippen LogP contribution < -0.4 is 5.32 Å². The van der Waals surface area contributed by atoms with Crippen LogP contribution in [-0.2, 0) is 9.59 Å². The first-order valence-electron chi connectivity index (χ1n) is 7.82. The van der Waals surface area contributed by atoms with Crippen molar-refractivity contribution in [1.29, 1.82) is 0 Å². The molecule has 1 saturated heterocycles. The highest BCUT2D eigenvalue weighted by molar-refractivity contribution is 6.39. The summed E-state index contributed by atoms with van der Waals surface area (Å²) in [5.74, 6) is -0.632. The zero-order valence-corrected chi connectivity index (χ0v) is 13.2. The van der Waals surface area contributed by atoms with Crippen LogP contribution in [0.5, 0.6) is 0 Å². The SMILES string of the molecule is CC(C)c1ccc(NC(=O)C(=O)N2CCCC(CO)C2)cc1. The highest BCUT2D eigenvalue weighted by Crippen LogP contribution is 2.18.